The number of ether oxygens (including phenoxy) is 1. The van der Waals surface area contributed by atoms with Crippen molar-refractivity contribution in [3.05, 3.63) is 51.7 Å². The van der Waals surface area contributed by atoms with Crippen LogP contribution >= 0.6 is 11.6 Å². The van der Waals surface area contributed by atoms with Crippen LogP contribution in [0.1, 0.15) is 54.6 Å². The Morgan fingerprint density at radius 1 is 1.18 bits per heavy atom. The summed E-state index contributed by atoms with van der Waals surface area (Å²) in [5.74, 6) is -0.594. The molecule has 0 spiro atoms. The van der Waals surface area contributed by atoms with Crippen molar-refractivity contribution >= 4 is 23.4 Å². The van der Waals surface area contributed by atoms with Crippen LogP contribution < -0.4 is 5.32 Å². The monoisotopic (exact) mass is 481 g/mol. The van der Waals surface area contributed by atoms with Crippen LogP contribution in [0, 0.1) is 5.82 Å². The average molecular weight is 482 g/mol. The molecule has 7 nitrogen and oxygen atoms in total. The molecule has 2 amide bonds. The fourth-order valence-electron chi connectivity index (χ4n) is 4.94. The molecule has 0 radical (unpaired) electrons. The first-order valence-electron chi connectivity index (χ1n) is 10.9. The molecule has 2 fully saturated rings. The normalized spacial score (nSPS) is 22.6. The number of hydrogen-bond donors (Lipinski definition) is 1. The number of aromatic nitrogens is 2. The third-order valence-electron chi connectivity index (χ3n) is 6.60. The van der Waals surface area contributed by atoms with Crippen LogP contribution in [0.3, 0.4) is 0 Å². The Balaban J connectivity index is 1.37. The zero-order chi connectivity index (χ0) is 23.3. The molecule has 2 aromatic rings. The maximum Gasteiger partial charge on any atom is 0.321 e. The second kappa shape index (κ2) is 8.64. The number of halogens is 4. The van der Waals surface area contributed by atoms with Gasteiger partial charge in [0.15, 0.2) is 0 Å². The van der Waals surface area contributed by atoms with Crippen LogP contribution in [0.4, 0.5) is 23.8 Å². The molecule has 2 bridgehead atoms. The van der Waals surface area contributed by atoms with Crippen molar-refractivity contribution in [1.29, 1.82) is 0 Å². The van der Waals surface area contributed by atoms with Gasteiger partial charge in [-0.15, -0.1) is 0 Å². The van der Waals surface area contributed by atoms with Crippen LogP contribution in [-0.2, 0) is 17.8 Å². The molecule has 11 heteroatoms. The van der Waals surface area contributed by atoms with E-state index in [1.165, 1.54) is 12.1 Å². The summed E-state index contributed by atoms with van der Waals surface area (Å²) in [4.78, 5) is 25.4. The maximum atomic E-state index is 14.6. The summed E-state index contributed by atoms with van der Waals surface area (Å²) >= 11 is 6.12. The number of morpholine rings is 1. The van der Waals surface area contributed by atoms with Crippen LogP contribution in [0.2, 0.25) is 5.28 Å². The number of carbonyl (C=O) groups is 1. The van der Waals surface area contributed by atoms with E-state index in [1.54, 1.807) is 11.8 Å². The van der Waals surface area contributed by atoms with Gasteiger partial charge in [0.2, 0.25) is 5.28 Å². The van der Waals surface area contributed by atoms with Gasteiger partial charge in [0.1, 0.15) is 11.6 Å². The summed E-state index contributed by atoms with van der Waals surface area (Å²) in [7, 11) is 0. The highest BCUT2D eigenvalue weighted by Gasteiger charge is 2.43. The Labute approximate surface area is 193 Å². The third kappa shape index (κ3) is 3.99. The van der Waals surface area contributed by atoms with E-state index >= 15 is 0 Å². The van der Waals surface area contributed by atoms with E-state index in [4.69, 9.17) is 16.3 Å². The molecule has 3 atom stereocenters. The number of urea groups is 1. The van der Waals surface area contributed by atoms with E-state index in [0.717, 1.165) is 18.9 Å². The van der Waals surface area contributed by atoms with Crippen molar-refractivity contribution in [2.45, 2.75) is 57.4 Å². The van der Waals surface area contributed by atoms with Gasteiger partial charge in [-0.2, -0.15) is 0 Å². The molecule has 0 saturated carbocycles. The summed E-state index contributed by atoms with van der Waals surface area (Å²) in [6.45, 7) is 3.30. The van der Waals surface area contributed by atoms with Gasteiger partial charge in [-0.25, -0.2) is 27.9 Å². The van der Waals surface area contributed by atoms with Crippen LogP contribution in [0.25, 0.3) is 0 Å². The Kier molecular flexibility index (Phi) is 5.82. The number of amides is 2. The number of hydrogen-bond acceptors (Lipinski definition) is 5. The lowest BCUT2D eigenvalue weighted by atomic mass is 10.0. The second-order valence-electron chi connectivity index (χ2n) is 8.65. The zero-order valence-corrected chi connectivity index (χ0v) is 18.7. The number of nitrogens with one attached hydrogen (secondary N) is 1. The minimum absolute atomic E-state index is 0.00834. The lowest BCUT2D eigenvalue weighted by Crippen LogP contribution is -2.53. The molecular formula is C22H23ClF3N5O2. The first kappa shape index (κ1) is 22.2. The zero-order valence-electron chi connectivity index (χ0n) is 17.9. The molecule has 1 N–H and O–H groups in total. The predicted molar refractivity (Wildman–Crippen MR) is 115 cm³/mol. The topological polar surface area (TPSA) is 70.6 Å². The van der Waals surface area contributed by atoms with Gasteiger partial charge >= 0.3 is 6.03 Å². The fourth-order valence-corrected chi connectivity index (χ4v) is 5.12. The van der Waals surface area contributed by atoms with Crippen molar-refractivity contribution in [2.75, 3.05) is 18.5 Å². The summed E-state index contributed by atoms with van der Waals surface area (Å²) < 4.78 is 46.4. The molecule has 2 saturated heterocycles. The van der Waals surface area contributed by atoms with E-state index in [0.29, 0.717) is 30.3 Å². The van der Waals surface area contributed by atoms with Crippen LogP contribution in [-0.4, -0.2) is 51.1 Å². The summed E-state index contributed by atoms with van der Waals surface area (Å²) in [5, 5.41) is 3.07. The molecule has 176 valence electrons. The lowest BCUT2D eigenvalue weighted by molar-refractivity contribution is -0.00238. The SMILES string of the molecule is C[C@@H](Nc1nc(Cl)nc2c1CN(C(=O)N1C3CCC1COC3)C2)c1cccc(C(F)F)c1F. The lowest BCUT2D eigenvalue weighted by Gasteiger charge is -2.37. The molecule has 0 aliphatic carbocycles. The van der Waals surface area contributed by atoms with Crippen molar-refractivity contribution in [1.82, 2.24) is 19.8 Å². The predicted octanol–water partition coefficient (Wildman–Crippen LogP) is 4.68. The molecule has 5 rings (SSSR count). The van der Waals surface area contributed by atoms with Crippen LogP contribution in [0.5, 0.6) is 0 Å². The Bertz CT molecular complexity index is 1070. The van der Waals surface area contributed by atoms with E-state index < -0.39 is 23.8 Å². The first-order chi connectivity index (χ1) is 15.8. The van der Waals surface area contributed by atoms with E-state index in [9.17, 15) is 18.0 Å². The number of carbonyl (C=O) groups excluding carboxylic acids is 1. The van der Waals surface area contributed by atoms with Gasteiger partial charge < -0.3 is 19.9 Å². The van der Waals surface area contributed by atoms with Gasteiger partial charge in [0.25, 0.3) is 6.43 Å². The molecule has 1 aromatic carbocycles. The Morgan fingerprint density at radius 3 is 2.58 bits per heavy atom. The molecular weight excluding hydrogens is 459 g/mol. The largest absolute Gasteiger partial charge is 0.377 e. The van der Waals surface area contributed by atoms with Crippen LogP contribution in [0.15, 0.2) is 18.2 Å². The Morgan fingerprint density at radius 2 is 1.88 bits per heavy atom. The number of benzene rings is 1. The quantitative estimate of drug-likeness (QED) is 0.642. The van der Waals surface area contributed by atoms with Gasteiger partial charge in [0, 0.05) is 11.1 Å². The van der Waals surface area contributed by atoms with E-state index in [2.05, 4.69) is 15.3 Å². The second-order valence-corrected chi connectivity index (χ2v) is 8.99. The van der Waals surface area contributed by atoms with E-state index in [-0.39, 0.29) is 42.1 Å². The molecule has 3 aliphatic heterocycles. The number of fused-ring (bicyclic) bond motifs is 3. The number of nitrogens with zero attached hydrogens (tertiary/aromatic N) is 4. The van der Waals surface area contributed by atoms with Gasteiger partial charge in [0.05, 0.1) is 55.7 Å². The molecule has 1 aromatic heterocycles. The number of anilines is 1. The highest BCUT2D eigenvalue weighted by Crippen LogP contribution is 2.35. The molecule has 4 heterocycles. The first-order valence-corrected chi connectivity index (χ1v) is 11.2. The minimum atomic E-state index is -2.91. The minimum Gasteiger partial charge on any atom is -0.377 e. The number of alkyl halides is 2. The highest BCUT2D eigenvalue weighted by atomic mass is 35.5. The molecule has 3 aliphatic rings. The standard InChI is InChI=1S/C22H23ClF3N5O2/c1-11(14-3-2-4-15(18(14)24)19(25)26)27-20-16-7-30(8-17(16)28-21(23)29-20)22(32)31-12-5-6-13(31)10-33-9-12/h2-4,11-13,19H,5-10H2,1H3,(H,27,28,29)/t11-,12?,13?/m1/s1. The smallest absolute Gasteiger partial charge is 0.321 e. The average Bonchev–Trinajstić information content (AvgIpc) is 3.31. The van der Waals surface area contributed by atoms with E-state index in [1.807, 2.05) is 4.90 Å². The van der Waals surface area contributed by atoms with Crippen molar-refractivity contribution in [3.63, 3.8) is 0 Å². The molecule has 2 unspecified atom stereocenters. The van der Waals surface area contributed by atoms with Gasteiger partial charge in [-0.05, 0) is 31.4 Å². The van der Waals surface area contributed by atoms with Crippen molar-refractivity contribution in [2.24, 2.45) is 0 Å². The molecule has 33 heavy (non-hydrogen) atoms. The third-order valence-corrected chi connectivity index (χ3v) is 6.77. The summed E-state index contributed by atoms with van der Waals surface area (Å²) in [6.07, 6.45) is -1.06. The number of rotatable bonds is 4. The maximum absolute atomic E-state index is 14.6. The fraction of sp³-hybridized carbons (Fsp3) is 0.500. The van der Waals surface area contributed by atoms with Crippen molar-refractivity contribution in [3.8, 4) is 0 Å². The van der Waals surface area contributed by atoms with Gasteiger partial charge in [-0.3, -0.25) is 0 Å². The Hall–Kier alpha value is -2.59. The van der Waals surface area contributed by atoms with Gasteiger partial charge in [-0.1, -0.05) is 18.2 Å². The highest BCUT2D eigenvalue weighted by molar-refractivity contribution is 6.28. The summed E-state index contributed by atoms with van der Waals surface area (Å²) in [5.41, 5.74) is 0.738. The summed E-state index contributed by atoms with van der Waals surface area (Å²) in [6, 6.07) is 3.33. The van der Waals surface area contributed by atoms with Crippen molar-refractivity contribution < 1.29 is 22.7 Å².